The second-order valence-electron chi connectivity index (χ2n) is 31.6. The van der Waals surface area contributed by atoms with Gasteiger partial charge in [0, 0.05) is 82.6 Å². The van der Waals surface area contributed by atoms with Crippen molar-refractivity contribution in [2.45, 2.75) is 231 Å². The van der Waals surface area contributed by atoms with Crippen molar-refractivity contribution in [2.24, 2.45) is 0 Å². The zero-order valence-corrected chi connectivity index (χ0v) is 82.9. The molecule has 0 heterocycles. The summed E-state index contributed by atoms with van der Waals surface area (Å²) < 4.78 is 72.4. The molecule has 10 rings (SSSR count). The van der Waals surface area contributed by atoms with E-state index in [2.05, 4.69) is 197 Å². The minimum absolute atomic E-state index is 0.611. The van der Waals surface area contributed by atoms with E-state index in [9.17, 15) is 0 Å². The van der Waals surface area contributed by atoms with Crippen molar-refractivity contribution in [3.8, 4) is 40.2 Å². The Labute approximate surface area is 777 Å². The van der Waals surface area contributed by atoms with Crippen LogP contribution in [0.3, 0.4) is 0 Å². The smallest absolute Gasteiger partial charge is 0.119 e. The number of hydrogen-bond donors (Lipinski definition) is 0. The molecule has 128 heavy (non-hydrogen) atoms. The first kappa shape index (κ1) is 117. The molecule has 0 aliphatic heterocycles. The summed E-state index contributed by atoms with van der Waals surface area (Å²) in [6.45, 7) is 32.4. The number of aryl methyl sites for hydroxylation is 11. The van der Waals surface area contributed by atoms with Crippen LogP contribution in [-0.4, -0.2) is 130 Å². The summed E-state index contributed by atoms with van der Waals surface area (Å²) in [5, 5.41) is 0. The fourth-order valence-electron chi connectivity index (χ4n) is 11.9. The highest BCUT2D eigenvalue weighted by Gasteiger charge is 2.02. The first-order valence-electron chi connectivity index (χ1n) is 46.7. The molecular formula is C114H168O14. The number of rotatable bonds is 48. The lowest BCUT2D eigenvalue weighted by molar-refractivity contribution is 0.146. The lowest BCUT2D eigenvalue weighted by atomic mass is 10.0. The van der Waals surface area contributed by atoms with E-state index in [-0.39, 0.29) is 0 Å². The van der Waals surface area contributed by atoms with Crippen LogP contribution in [-0.2, 0) is 72.1 Å². The Bertz CT molecular complexity index is 3980. The van der Waals surface area contributed by atoms with Crippen molar-refractivity contribution in [3.63, 3.8) is 0 Å². The van der Waals surface area contributed by atoms with Gasteiger partial charge in [0.15, 0.2) is 0 Å². The third-order valence-electron chi connectivity index (χ3n) is 19.6. The lowest BCUT2D eigenvalue weighted by Gasteiger charge is -2.06. The number of unbranched alkanes of at least 4 members (excludes halogenated alkanes) is 10. The quantitative estimate of drug-likeness (QED) is 0.0335. The van der Waals surface area contributed by atoms with Crippen LogP contribution in [0.25, 0.3) is 0 Å². The SMILES string of the molecule is CCCCCCCc1ccc(CCC)cc1.CCCc1ccc(COC)cc1.CCCc1ccc(OC)cc1.COCCCCCCOc1ccc(C)cc1.COCCCCCOc1ccc(C)cc1.COCCCCOc1ccc(C)cc1.COCCCOc1ccc(C)cc1.COCCOc1ccc(C)cc1.COCc1ccc(C)cc1.COc1ccc(C)cc1. The first-order chi connectivity index (χ1) is 62.4. The standard InChI is InChI=1S/C16H26.C14H22O2.C13H20O2.C12H18O2.C11H16O2.C11H16O.C10H14O2.C10H14O.C9H12O.C8H10O/c1-3-5-6-7-8-10-16-13-11-15(9-4-2)12-14-16;1-13-7-9-14(10-8-13)16-12-6-4-3-5-11-15-2;1-12-6-8-13(9-7-12)15-11-5-3-4-10-14-2;1-11-5-7-12(8-6-11)14-10-4-3-9-13-2;1-10-4-6-11(7-5-10)13-9-3-8-12-2;1-3-4-10-5-7-11(8-6-10)9-12-2;1-9-3-5-10(6-4-9)12-8-7-11-2;1-3-4-9-5-7-10(11-2)8-6-9;1-8-3-5-9(6-4-8)7-10-2;1-7-3-5-8(9-2)6-4-7/h11-14H,3-10H2,1-2H3;7-10H,3-6,11-12H2,1-2H3;6-9H,3-5,10-11H2,1-2H3;5-8H,3-4,9-10H2,1-2H3;4-7H,3,8-9H2,1-2H3;5-8H,3-4,9H2,1-2H3;3-6H,7-8H2,1-2H3;5-8H,3-4H2,1-2H3;3-6H,7H2,1-2H3;3-6H,1-2H3. The van der Waals surface area contributed by atoms with Crippen molar-refractivity contribution < 1.29 is 66.3 Å². The van der Waals surface area contributed by atoms with E-state index in [1.54, 1.807) is 64.0 Å². The second-order valence-corrected chi connectivity index (χ2v) is 31.6. The maximum atomic E-state index is 5.64. The predicted octanol–water partition coefficient (Wildman–Crippen LogP) is 28.7. The van der Waals surface area contributed by atoms with Crippen molar-refractivity contribution >= 4 is 0 Å². The molecule has 10 aromatic carbocycles. The van der Waals surface area contributed by atoms with Gasteiger partial charge >= 0.3 is 0 Å². The van der Waals surface area contributed by atoms with Crippen molar-refractivity contribution in [2.75, 3.05) is 130 Å². The zero-order chi connectivity index (χ0) is 93.8. The monoisotopic (exact) mass is 1760 g/mol. The van der Waals surface area contributed by atoms with Crippen LogP contribution < -0.4 is 33.2 Å². The van der Waals surface area contributed by atoms with Gasteiger partial charge in [0.05, 0.1) is 60.5 Å². The molecule has 0 radical (unpaired) electrons. The number of ether oxygens (including phenoxy) is 14. The van der Waals surface area contributed by atoms with Gasteiger partial charge in [-0.3, -0.25) is 0 Å². The zero-order valence-electron chi connectivity index (χ0n) is 82.9. The van der Waals surface area contributed by atoms with Crippen LogP contribution in [0.5, 0.6) is 40.2 Å². The number of methoxy groups -OCH3 is 9. The van der Waals surface area contributed by atoms with Gasteiger partial charge in [0.2, 0.25) is 0 Å². The van der Waals surface area contributed by atoms with Crippen LogP contribution in [0.1, 0.15) is 216 Å². The summed E-state index contributed by atoms with van der Waals surface area (Å²) >= 11 is 0. The van der Waals surface area contributed by atoms with Crippen LogP contribution in [0, 0.1) is 48.5 Å². The normalized spacial score (nSPS) is 10.1. The first-order valence-corrected chi connectivity index (χ1v) is 46.7. The second kappa shape index (κ2) is 83.2. The molecule has 0 amide bonds. The minimum atomic E-state index is 0.611. The highest BCUT2D eigenvalue weighted by molar-refractivity contribution is 5.32. The van der Waals surface area contributed by atoms with E-state index >= 15 is 0 Å². The summed E-state index contributed by atoms with van der Waals surface area (Å²) in [5.74, 6) is 6.58. The van der Waals surface area contributed by atoms with Gasteiger partial charge in [-0.15, -0.1) is 0 Å². The molecule has 0 fully saturated rings. The molecule has 0 saturated heterocycles. The molecule has 0 aliphatic carbocycles. The Hall–Kier alpha value is -9.48. The highest BCUT2D eigenvalue weighted by Crippen LogP contribution is 2.20. The van der Waals surface area contributed by atoms with Crippen molar-refractivity contribution in [1.29, 1.82) is 0 Å². The molecule has 0 unspecified atom stereocenters. The molecule has 0 atom stereocenters. The molecule has 0 saturated carbocycles. The largest absolute Gasteiger partial charge is 0.497 e. The third-order valence-corrected chi connectivity index (χ3v) is 19.6. The maximum absolute atomic E-state index is 5.64. The molecule has 14 heteroatoms. The van der Waals surface area contributed by atoms with Crippen LogP contribution in [0.15, 0.2) is 243 Å². The molecule has 14 nitrogen and oxygen atoms in total. The Balaban J connectivity index is 0.000000714. The fraction of sp³-hybridized carbons (Fsp3) is 0.474. The summed E-state index contributed by atoms with van der Waals surface area (Å²) in [4.78, 5) is 0. The summed E-state index contributed by atoms with van der Waals surface area (Å²) in [7, 11) is 15.4. The van der Waals surface area contributed by atoms with Crippen molar-refractivity contribution in [1.82, 2.24) is 0 Å². The number of benzene rings is 10. The summed E-state index contributed by atoms with van der Waals surface area (Å²) in [5.41, 5.74) is 17.1. The van der Waals surface area contributed by atoms with E-state index in [0.29, 0.717) is 26.4 Å². The van der Waals surface area contributed by atoms with Gasteiger partial charge in [-0.2, -0.15) is 0 Å². The lowest BCUT2D eigenvalue weighted by Crippen LogP contribution is -2.03. The molecule has 0 aromatic heterocycles. The highest BCUT2D eigenvalue weighted by atomic mass is 16.5. The van der Waals surface area contributed by atoms with E-state index in [0.717, 1.165) is 144 Å². The van der Waals surface area contributed by atoms with Gasteiger partial charge in [-0.05, 0) is 250 Å². The summed E-state index contributed by atoms with van der Waals surface area (Å²) in [6.07, 6.45) is 26.5. The molecule has 0 bridgehead atoms. The van der Waals surface area contributed by atoms with Crippen LogP contribution in [0.4, 0.5) is 0 Å². The van der Waals surface area contributed by atoms with Crippen LogP contribution in [0.2, 0.25) is 0 Å². The third kappa shape index (κ3) is 67.7. The average molecular weight is 1760 g/mol. The molecule has 0 spiro atoms. The molecule has 10 aromatic rings. The molecule has 0 N–H and O–H groups in total. The molecular weight excluding hydrogens is 1590 g/mol. The average Bonchev–Trinajstić information content (AvgIpc) is 0.941. The van der Waals surface area contributed by atoms with E-state index in [4.69, 9.17) is 66.3 Å². The maximum Gasteiger partial charge on any atom is 0.119 e. The van der Waals surface area contributed by atoms with E-state index in [1.165, 1.54) is 162 Å². The minimum Gasteiger partial charge on any atom is -0.497 e. The predicted molar refractivity (Wildman–Crippen MR) is 540 cm³/mol. The van der Waals surface area contributed by atoms with E-state index < -0.39 is 0 Å². The molecule has 708 valence electrons. The van der Waals surface area contributed by atoms with Gasteiger partial charge < -0.3 is 66.3 Å². The van der Waals surface area contributed by atoms with Gasteiger partial charge in [-0.25, -0.2) is 0 Å². The Morgan fingerprint density at radius 3 is 0.648 bits per heavy atom. The Morgan fingerprint density at radius 1 is 0.156 bits per heavy atom. The van der Waals surface area contributed by atoms with E-state index in [1.807, 2.05) is 121 Å². The van der Waals surface area contributed by atoms with Crippen molar-refractivity contribution in [3.05, 3.63) is 315 Å². The topological polar surface area (TPSA) is 129 Å². The van der Waals surface area contributed by atoms with Gasteiger partial charge in [-0.1, -0.05) is 276 Å². The summed E-state index contributed by atoms with van der Waals surface area (Å²) in [6, 6.07) is 83.0. The fourth-order valence-corrected chi connectivity index (χ4v) is 11.9. The molecule has 0 aliphatic rings. The Kier molecular flexibility index (Phi) is 75.7. The van der Waals surface area contributed by atoms with Gasteiger partial charge in [0.1, 0.15) is 46.9 Å². The van der Waals surface area contributed by atoms with Gasteiger partial charge in [0.25, 0.3) is 0 Å². The number of hydrogen-bond acceptors (Lipinski definition) is 14. The Morgan fingerprint density at radius 2 is 0.359 bits per heavy atom. The van der Waals surface area contributed by atoms with Crippen LogP contribution >= 0.6 is 0 Å².